The van der Waals surface area contributed by atoms with Crippen LogP contribution in [0.3, 0.4) is 0 Å². The normalized spacial score (nSPS) is 19.3. The number of aromatic carboxylic acids is 1. The summed E-state index contributed by atoms with van der Waals surface area (Å²) in [4.78, 5) is 23.9. The maximum Gasteiger partial charge on any atom is 0.336 e. The Kier molecular flexibility index (Phi) is 4.63. The molecule has 114 valence electrons. The van der Waals surface area contributed by atoms with Crippen molar-refractivity contribution in [3.8, 4) is 0 Å². The molecule has 1 heterocycles. The van der Waals surface area contributed by atoms with Crippen molar-refractivity contribution >= 4 is 11.9 Å². The molecule has 0 aliphatic carbocycles. The minimum Gasteiger partial charge on any atom is -0.478 e. The number of hydrogen-bond donors (Lipinski definition) is 2. The fraction of sp³-hybridized carbons (Fsp3) is 0.500. The predicted octanol–water partition coefficient (Wildman–Crippen LogP) is 2.30. The summed E-state index contributed by atoms with van der Waals surface area (Å²) in [6.07, 6.45) is 1.92. The van der Waals surface area contributed by atoms with E-state index in [1.807, 2.05) is 6.92 Å². The number of carboxylic acids is 1. The molecule has 1 aromatic rings. The number of benzene rings is 1. The van der Waals surface area contributed by atoms with Crippen molar-refractivity contribution < 1.29 is 19.4 Å². The maximum atomic E-state index is 12.5. The number of carbonyl (C=O) groups is 2. The van der Waals surface area contributed by atoms with Gasteiger partial charge in [-0.1, -0.05) is 12.1 Å². The Hall–Kier alpha value is -1.88. The molecule has 5 nitrogen and oxygen atoms in total. The standard InChI is InChI=1S/C16H21NO4/c1-9-6-7-10(2)14(16(19)20)13(9)15(18)17-11(3)12-5-4-8-21-12/h6-7,11-12H,4-5,8H2,1-3H3,(H,17,18)(H,19,20). The highest BCUT2D eigenvalue weighted by Gasteiger charge is 2.27. The van der Waals surface area contributed by atoms with Gasteiger partial charge in [0.05, 0.1) is 23.3 Å². The summed E-state index contributed by atoms with van der Waals surface area (Å²) < 4.78 is 5.55. The van der Waals surface area contributed by atoms with E-state index in [-0.39, 0.29) is 29.2 Å². The van der Waals surface area contributed by atoms with Crippen LogP contribution in [0.15, 0.2) is 12.1 Å². The van der Waals surface area contributed by atoms with Crippen LogP contribution in [-0.4, -0.2) is 35.7 Å². The lowest BCUT2D eigenvalue weighted by molar-refractivity contribution is 0.0674. The molecule has 1 aliphatic heterocycles. The number of nitrogens with one attached hydrogen (secondary N) is 1. The minimum absolute atomic E-state index is 0.00680. The van der Waals surface area contributed by atoms with Crippen LogP contribution >= 0.6 is 0 Å². The molecule has 0 radical (unpaired) electrons. The molecule has 5 heteroatoms. The predicted molar refractivity (Wildman–Crippen MR) is 78.8 cm³/mol. The van der Waals surface area contributed by atoms with Crippen molar-refractivity contribution in [2.45, 2.75) is 45.8 Å². The van der Waals surface area contributed by atoms with Gasteiger partial charge in [-0.05, 0) is 44.7 Å². The van der Waals surface area contributed by atoms with Gasteiger partial charge in [0.2, 0.25) is 0 Å². The van der Waals surface area contributed by atoms with Gasteiger partial charge >= 0.3 is 5.97 Å². The van der Waals surface area contributed by atoms with E-state index in [0.717, 1.165) is 12.8 Å². The van der Waals surface area contributed by atoms with Crippen LogP contribution in [0.5, 0.6) is 0 Å². The second-order valence-corrected chi connectivity index (χ2v) is 5.57. The largest absolute Gasteiger partial charge is 0.478 e. The molecule has 2 unspecified atom stereocenters. The van der Waals surface area contributed by atoms with Gasteiger partial charge in [0.1, 0.15) is 0 Å². The molecule has 0 bridgehead atoms. The highest BCUT2D eigenvalue weighted by atomic mass is 16.5. The number of amides is 1. The molecule has 1 aliphatic rings. The van der Waals surface area contributed by atoms with Gasteiger partial charge in [0.25, 0.3) is 5.91 Å². The van der Waals surface area contributed by atoms with Crippen LogP contribution < -0.4 is 5.32 Å². The van der Waals surface area contributed by atoms with E-state index in [0.29, 0.717) is 17.7 Å². The van der Waals surface area contributed by atoms with Crippen LogP contribution in [-0.2, 0) is 4.74 Å². The second kappa shape index (κ2) is 6.26. The highest BCUT2D eigenvalue weighted by Crippen LogP contribution is 2.20. The summed E-state index contributed by atoms with van der Waals surface area (Å²) in [7, 11) is 0. The SMILES string of the molecule is Cc1ccc(C)c(C(=O)NC(C)C2CCCO2)c1C(=O)O. The lowest BCUT2D eigenvalue weighted by Crippen LogP contribution is -2.41. The summed E-state index contributed by atoms with van der Waals surface area (Å²) in [5, 5.41) is 12.2. The van der Waals surface area contributed by atoms with Gasteiger partial charge in [0.15, 0.2) is 0 Å². The lowest BCUT2D eigenvalue weighted by Gasteiger charge is -2.21. The Balaban J connectivity index is 2.26. The van der Waals surface area contributed by atoms with Crippen LogP contribution in [0, 0.1) is 13.8 Å². The van der Waals surface area contributed by atoms with E-state index in [2.05, 4.69) is 5.32 Å². The van der Waals surface area contributed by atoms with Crippen molar-refractivity contribution in [1.29, 1.82) is 0 Å². The van der Waals surface area contributed by atoms with Crippen molar-refractivity contribution in [1.82, 2.24) is 5.32 Å². The zero-order chi connectivity index (χ0) is 15.6. The zero-order valence-corrected chi connectivity index (χ0v) is 12.6. The molecular formula is C16H21NO4. The third kappa shape index (κ3) is 3.24. The molecule has 2 N–H and O–H groups in total. The van der Waals surface area contributed by atoms with E-state index in [9.17, 15) is 14.7 Å². The first kappa shape index (κ1) is 15.5. The van der Waals surface area contributed by atoms with Gasteiger partial charge in [0, 0.05) is 6.61 Å². The summed E-state index contributed by atoms with van der Waals surface area (Å²) in [6.45, 7) is 6.05. The van der Waals surface area contributed by atoms with Crippen molar-refractivity contribution in [3.05, 3.63) is 34.4 Å². The summed E-state index contributed by atoms with van der Waals surface area (Å²) in [5.41, 5.74) is 1.57. The van der Waals surface area contributed by atoms with Gasteiger partial charge in [-0.2, -0.15) is 0 Å². The van der Waals surface area contributed by atoms with Crippen LogP contribution in [0.2, 0.25) is 0 Å². The number of carboxylic acid groups (broad SMARTS) is 1. The van der Waals surface area contributed by atoms with Gasteiger partial charge < -0.3 is 15.2 Å². The van der Waals surface area contributed by atoms with Crippen molar-refractivity contribution in [3.63, 3.8) is 0 Å². The van der Waals surface area contributed by atoms with E-state index in [1.165, 1.54) is 0 Å². The third-order valence-electron chi connectivity index (χ3n) is 3.94. The van der Waals surface area contributed by atoms with E-state index in [4.69, 9.17) is 4.74 Å². The Morgan fingerprint density at radius 1 is 1.29 bits per heavy atom. The molecule has 1 fully saturated rings. The first-order valence-electron chi connectivity index (χ1n) is 7.17. The fourth-order valence-corrected chi connectivity index (χ4v) is 2.75. The van der Waals surface area contributed by atoms with Gasteiger partial charge in [-0.3, -0.25) is 4.79 Å². The maximum absolute atomic E-state index is 12.5. The zero-order valence-electron chi connectivity index (χ0n) is 12.6. The number of rotatable bonds is 4. The molecule has 1 amide bonds. The average Bonchev–Trinajstić information content (AvgIpc) is 2.94. The molecule has 21 heavy (non-hydrogen) atoms. The van der Waals surface area contributed by atoms with E-state index in [1.54, 1.807) is 26.0 Å². The molecule has 0 saturated carbocycles. The van der Waals surface area contributed by atoms with E-state index >= 15 is 0 Å². The third-order valence-corrected chi connectivity index (χ3v) is 3.94. The van der Waals surface area contributed by atoms with Crippen LogP contribution in [0.1, 0.15) is 51.6 Å². The average molecular weight is 291 g/mol. The van der Waals surface area contributed by atoms with Crippen molar-refractivity contribution in [2.75, 3.05) is 6.61 Å². The molecule has 1 aromatic carbocycles. The van der Waals surface area contributed by atoms with E-state index < -0.39 is 5.97 Å². The number of ether oxygens (including phenoxy) is 1. The first-order valence-corrected chi connectivity index (χ1v) is 7.17. The molecular weight excluding hydrogens is 270 g/mol. The summed E-state index contributed by atoms with van der Waals surface area (Å²) >= 11 is 0. The lowest BCUT2D eigenvalue weighted by atomic mass is 9.96. The molecule has 2 atom stereocenters. The number of aryl methyl sites for hydroxylation is 2. The van der Waals surface area contributed by atoms with Crippen LogP contribution in [0.25, 0.3) is 0 Å². The van der Waals surface area contributed by atoms with Crippen molar-refractivity contribution in [2.24, 2.45) is 0 Å². The van der Waals surface area contributed by atoms with Crippen LogP contribution in [0.4, 0.5) is 0 Å². The molecule has 0 aromatic heterocycles. The smallest absolute Gasteiger partial charge is 0.336 e. The second-order valence-electron chi connectivity index (χ2n) is 5.57. The summed E-state index contributed by atoms with van der Waals surface area (Å²) in [6, 6.07) is 3.36. The quantitative estimate of drug-likeness (QED) is 0.892. The first-order chi connectivity index (χ1) is 9.91. The number of hydrogen-bond acceptors (Lipinski definition) is 3. The number of carbonyl (C=O) groups excluding carboxylic acids is 1. The Labute approximate surface area is 124 Å². The Morgan fingerprint density at radius 3 is 2.43 bits per heavy atom. The molecule has 1 saturated heterocycles. The van der Waals surface area contributed by atoms with Gasteiger partial charge in [-0.25, -0.2) is 4.79 Å². The monoisotopic (exact) mass is 291 g/mol. The Morgan fingerprint density at radius 2 is 1.90 bits per heavy atom. The molecule has 0 spiro atoms. The topological polar surface area (TPSA) is 75.6 Å². The Bertz CT molecular complexity index is 562. The van der Waals surface area contributed by atoms with Gasteiger partial charge in [-0.15, -0.1) is 0 Å². The minimum atomic E-state index is -1.08. The fourth-order valence-electron chi connectivity index (χ4n) is 2.75. The summed E-state index contributed by atoms with van der Waals surface area (Å²) in [5.74, 6) is -1.43. The molecule has 2 rings (SSSR count). The highest BCUT2D eigenvalue weighted by molar-refractivity contribution is 6.06.